The molecule has 1 aliphatic rings. The molecule has 1 heterocycles. The number of amides is 1. The van der Waals surface area contributed by atoms with E-state index in [-0.39, 0.29) is 17.5 Å². The molecule has 1 amide bonds. The summed E-state index contributed by atoms with van der Waals surface area (Å²) in [6.07, 6.45) is 6.06. The summed E-state index contributed by atoms with van der Waals surface area (Å²) in [5.74, 6) is -0.0820. The van der Waals surface area contributed by atoms with Gasteiger partial charge in [-0.05, 0) is 61.1 Å². The van der Waals surface area contributed by atoms with Crippen molar-refractivity contribution in [2.24, 2.45) is 0 Å². The molecular weight excluding hydrogens is 252 g/mol. The number of pyridine rings is 1. The molecule has 2 aromatic rings. The third kappa shape index (κ3) is 2.50. The predicted octanol–water partition coefficient (Wildman–Crippen LogP) is 2.92. The van der Waals surface area contributed by atoms with Gasteiger partial charge >= 0.3 is 0 Å². The van der Waals surface area contributed by atoms with Crippen LogP contribution in [0.15, 0.2) is 36.5 Å². The second-order valence-corrected chi connectivity index (χ2v) is 5.02. The second-order valence-electron chi connectivity index (χ2n) is 5.02. The molecule has 0 radical (unpaired) electrons. The molecule has 0 atom stereocenters. The highest BCUT2D eigenvalue weighted by atomic mass is 16.3. The number of aromatic nitrogens is 1. The number of hydrogen-bond acceptors (Lipinski definition) is 3. The minimum absolute atomic E-state index is 0.0289. The van der Waals surface area contributed by atoms with Crippen molar-refractivity contribution in [2.45, 2.75) is 25.7 Å². The number of aromatic hydroxyl groups is 1. The topological polar surface area (TPSA) is 62.2 Å². The summed E-state index contributed by atoms with van der Waals surface area (Å²) in [5, 5.41) is 12.3. The molecule has 0 bridgehead atoms. The first-order valence-electron chi connectivity index (χ1n) is 6.81. The highest BCUT2D eigenvalue weighted by Gasteiger charge is 2.14. The third-order valence-electron chi connectivity index (χ3n) is 3.63. The van der Waals surface area contributed by atoms with Gasteiger partial charge in [-0.1, -0.05) is 6.07 Å². The van der Waals surface area contributed by atoms with E-state index in [4.69, 9.17) is 0 Å². The van der Waals surface area contributed by atoms with Gasteiger partial charge in [0.05, 0.1) is 0 Å². The number of nitrogens with zero attached hydrogens (tertiary/aromatic N) is 1. The van der Waals surface area contributed by atoms with Crippen LogP contribution in [0.5, 0.6) is 5.75 Å². The standard InChI is InChI=1S/C16H16N2O2/c19-14-6-3-9-17-15(14)18-16(20)13-8-7-11-4-1-2-5-12(11)10-13/h3,6-10,19H,1-2,4-5H2,(H,17,18,20). The largest absolute Gasteiger partial charge is 0.504 e. The lowest BCUT2D eigenvalue weighted by Crippen LogP contribution is -2.14. The number of benzene rings is 1. The van der Waals surface area contributed by atoms with Crippen LogP contribution in [-0.4, -0.2) is 16.0 Å². The summed E-state index contributed by atoms with van der Waals surface area (Å²) in [7, 11) is 0. The van der Waals surface area contributed by atoms with Gasteiger partial charge in [-0.3, -0.25) is 4.79 Å². The molecule has 1 aromatic carbocycles. The Morgan fingerprint density at radius 2 is 1.95 bits per heavy atom. The van der Waals surface area contributed by atoms with E-state index in [9.17, 15) is 9.90 Å². The Balaban J connectivity index is 1.82. The average Bonchev–Trinajstić information content (AvgIpc) is 2.49. The number of carbonyl (C=O) groups excluding carboxylic acids is 1. The Morgan fingerprint density at radius 3 is 2.75 bits per heavy atom. The van der Waals surface area contributed by atoms with Gasteiger partial charge in [-0.25, -0.2) is 4.98 Å². The van der Waals surface area contributed by atoms with Crippen LogP contribution in [0.4, 0.5) is 5.82 Å². The molecular formula is C16H16N2O2. The van der Waals surface area contributed by atoms with Gasteiger partial charge in [-0.15, -0.1) is 0 Å². The minimum Gasteiger partial charge on any atom is -0.504 e. The summed E-state index contributed by atoms with van der Waals surface area (Å²) in [6.45, 7) is 0. The van der Waals surface area contributed by atoms with Crippen molar-refractivity contribution < 1.29 is 9.90 Å². The molecule has 4 heteroatoms. The van der Waals surface area contributed by atoms with Gasteiger partial charge in [0.2, 0.25) is 0 Å². The average molecular weight is 268 g/mol. The Morgan fingerprint density at radius 1 is 1.15 bits per heavy atom. The zero-order valence-electron chi connectivity index (χ0n) is 11.1. The number of hydrogen-bond donors (Lipinski definition) is 2. The van der Waals surface area contributed by atoms with E-state index in [1.165, 1.54) is 36.2 Å². The molecule has 1 aromatic heterocycles. The number of rotatable bonds is 2. The van der Waals surface area contributed by atoms with Gasteiger partial charge < -0.3 is 10.4 Å². The summed E-state index contributed by atoms with van der Waals surface area (Å²) in [6, 6.07) is 8.92. The zero-order chi connectivity index (χ0) is 13.9. The molecule has 0 spiro atoms. The lowest BCUT2D eigenvalue weighted by Gasteiger charge is -2.16. The van der Waals surface area contributed by atoms with E-state index >= 15 is 0 Å². The molecule has 0 saturated heterocycles. The van der Waals surface area contributed by atoms with E-state index in [0.717, 1.165) is 12.8 Å². The van der Waals surface area contributed by atoms with Gasteiger partial charge in [0.25, 0.3) is 5.91 Å². The van der Waals surface area contributed by atoms with Gasteiger partial charge in [0, 0.05) is 11.8 Å². The summed E-state index contributed by atoms with van der Waals surface area (Å²) < 4.78 is 0. The molecule has 0 fully saturated rings. The molecule has 3 rings (SSSR count). The number of nitrogens with one attached hydrogen (secondary N) is 1. The van der Waals surface area contributed by atoms with Crippen molar-refractivity contribution in [3.05, 3.63) is 53.2 Å². The van der Waals surface area contributed by atoms with E-state index in [0.29, 0.717) is 5.56 Å². The Labute approximate surface area is 117 Å². The fourth-order valence-electron chi connectivity index (χ4n) is 2.55. The first-order chi connectivity index (χ1) is 9.74. The predicted molar refractivity (Wildman–Crippen MR) is 76.9 cm³/mol. The highest BCUT2D eigenvalue weighted by Crippen LogP contribution is 2.23. The van der Waals surface area contributed by atoms with Crippen LogP contribution in [0, 0.1) is 0 Å². The maximum atomic E-state index is 12.2. The molecule has 2 N–H and O–H groups in total. The normalized spacial score (nSPS) is 13.6. The molecule has 102 valence electrons. The zero-order valence-corrected chi connectivity index (χ0v) is 11.1. The van der Waals surface area contributed by atoms with Crippen molar-refractivity contribution in [1.29, 1.82) is 0 Å². The number of aryl methyl sites for hydroxylation is 2. The molecule has 1 aliphatic carbocycles. The summed E-state index contributed by atoms with van der Waals surface area (Å²) in [5.41, 5.74) is 3.21. The van der Waals surface area contributed by atoms with Crippen molar-refractivity contribution >= 4 is 11.7 Å². The van der Waals surface area contributed by atoms with E-state index in [2.05, 4.69) is 10.3 Å². The lowest BCUT2D eigenvalue weighted by atomic mass is 9.90. The number of anilines is 1. The number of fused-ring (bicyclic) bond motifs is 1. The van der Waals surface area contributed by atoms with Crippen molar-refractivity contribution in [1.82, 2.24) is 4.98 Å². The van der Waals surface area contributed by atoms with E-state index in [1.807, 2.05) is 18.2 Å². The first-order valence-corrected chi connectivity index (χ1v) is 6.81. The van der Waals surface area contributed by atoms with Crippen LogP contribution in [0.1, 0.15) is 34.3 Å². The van der Waals surface area contributed by atoms with Gasteiger partial charge in [-0.2, -0.15) is 0 Å². The van der Waals surface area contributed by atoms with Gasteiger partial charge in [0.1, 0.15) is 0 Å². The van der Waals surface area contributed by atoms with Crippen LogP contribution in [0.25, 0.3) is 0 Å². The SMILES string of the molecule is O=C(Nc1ncccc1O)c1ccc2c(c1)CCCC2. The van der Waals surface area contributed by atoms with Gasteiger partial charge in [0.15, 0.2) is 11.6 Å². The van der Waals surface area contributed by atoms with Crippen LogP contribution in [-0.2, 0) is 12.8 Å². The fourth-order valence-corrected chi connectivity index (χ4v) is 2.55. The third-order valence-corrected chi connectivity index (χ3v) is 3.63. The fraction of sp³-hybridized carbons (Fsp3) is 0.250. The van der Waals surface area contributed by atoms with Crippen molar-refractivity contribution in [3.63, 3.8) is 0 Å². The summed E-state index contributed by atoms with van der Waals surface area (Å²) >= 11 is 0. The molecule has 0 unspecified atom stereocenters. The Bertz CT molecular complexity index is 653. The minimum atomic E-state index is -0.243. The van der Waals surface area contributed by atoms with Crippen LogP contribution in [0.2, 0.25) is 0 Å². The Kier molecular flexibility index (Phi) is 3.37. The molecule has 0 aliphatic heterocycles. The van der Waals surface area contributed by atoms with Crippen LogP contribution < -0.4 is 5.32 Å². The maximum Gasteiger partial charge on any atom is 0.256 e. The quantitative estimate of drug-likeness (QED) is 0.880. The smallest absolute Gasteiger partial charge is 0.256 e. The lowest BCUT2D eigenvalue weighted by molar-refractivity contribution is 0.102. The second kappa shape index (κ2) is 5.33. The van der Waals surface area contributed by atoms with E-state index in [1.54, 1.807) is 6.07 Å². The Hall–Kier alpha value is -2.36. The maximum absolute atomic E-state index is 12.2. The molecule has 20 heavy (non-hydrogen) atoms. The first kappa shape index (κ1) is 12.7. The molecule has 4 nitrogen and oxygen atoms in total. The number of carbonyl (C=O) groups is 1. The summed E-state index contributed by atoms with van der Waals surface area (Å²) in [4.78, 5) is 16.1. The van der Waals surface area contributed by atoms with E-state index < -0.39 is 0 Å². The highest BCUT2D eigenvalue weighted by molar-refractivity contribution is 6.04. The van der Waals surface area contributed by atoms with Crippen molar-refractivity contribution in [2.75, 3.05) is 5.32 Å². The van der Waals surface area contributed by atoms with Crippen molar-refractivity contribution in [3.8, 4) is 5.75 Å². The monoisotopic (exact) mass is 268 g/mol. The molecule has 0 saturated carbocycles. The van der Waals surface area contributed by atoms with Crippen LogP contribution >= 0.6 is 0 Å². The van der Waals surface area contributed by atoms with Crippen LogP contribution in [0.3, 0.4) is 0 Å².